The Morgan fingerprint density at radius 3 is 2.54 bits per heavy atom. The lowest BCUT2D eigenvalue weighted by atomic mass is 10.2. The van der Waals surface area contributed by atoms with E-state index >= 15 is 0 Å². The van der Waals surface area contributed by atoms with E-state index in [1.807, 2.05) is 0 Å². The van der Waals surface area contributed by atoms with E-state index in [9.17, 15) is 18.3 Å². The molecule has 1 aromatic carbocycles. The average Bonchev–Trinajstić information content (AvgIpc) is 2.55. The first-order chi connectivity index (χ1) is 11.3. The van der Waals surface area contributed by atoms with Gasteiger partial charge in [0.15, 0.2) is 11.6 Å². The smallest absolute Gasteiger partial charge is 0.243 e. The molecule has 3 N–H and O–H groups in total. The molecule has 0 radical (unpaired) electrons. The van der Waals surface area contributed by atoms with Crippen molar-refractivity contribution in [3.8, 4) is 5.75 Å². The van der Waals surface area contributed by atoms with Crippen molar-refractivity contribution >= 4 is 37.7 Å². The van der Waals surface area contributed by atoms with Gasteiger partial charge in [0.1, 0.15) is 6.04 Å². The third kappa shape index (κ3) is 4.53. The van der Waals surface area contributed by atoms with E-state index in [-0.39, 0.29) is 22.9 Å². The Hall–Kier alpha value is -1.97. The monoisotopic (exact) mass is 413 g/mol. The summed E-state index contributed by atoms with van der Waals surface area (Å²) in [5, 5.41) is 12.0. The van der Waals surface area contributed by atoms with Crippen molar-refractivity contribution in [2.75, 3.05) is 5.32 Å². The topological polar surface area (TPSA) is 108 Å². The van der Waals surface area contributed by atoms with E-state index in [0.717, 1.165) is 4.47 Å². The number of rotatable bonds is 6. The largest absolute Gasteiger partial charge is 0.504 e. The first kappa shape index (κ1) is 18.4. The predicted octanol–water partition coefficient (Wildman–Crippen LogP) is 2.25. The van der Waals surface area contributed by atoms with Gasteiger partial charge in [-0.25, -0.2) is 13.4 Å². The Morgan fingerprint density at radius 2 is 1.96 bits per heavy atom. The number of nitrogens with zero attached hydrogens (tertiary/aromatic N) is 1. The molecule has 0 saturated carbocycles. The van der Waals surface area contributed by atoms with Crippen LogP contribution in [0.5, 0.6) is 5.75 Å². The molecule has 2 rings (SSSR count). The first-order valence-corrected chi connectivity index (χ1v) is 9.34. The summed E-state index contributed by atoms with van der Waals surface area (Å²) in [6, 6.07) is 7.94. The van der Waals surface area contributed by atoms with Crippen LogP contribution in [0.1, 0.15) is 13.3 Å². The SMILES string of the molecule is CCC(NS(=O)(=O)c1ccc(Br)cc1)C(=O)Nc1ncccc1O. The summed E-state index contributed by atoms with van der Waals surface area (Å²) in [7, 11) is -3.85. The summed E-state index contributed by atoms with van der Waals surface area (Å²) in [6.07, 6.45) is 1.64. The van der Waals surface area contributed by atoms with E-state index in [2.05, 4.69) is 31.0 Å². The van der Waals surface area contributed by atoms with Crippen LogP contribution in [0.2, 0.25) is 0 Å². The number of pyridine rings is 1. The summed E-state index contributed by atoms with van der Waals surface area (Å²) >= 11 is 3.23. The summed E-state index contributed by atoms with van der Waals surface area (Å²) in [4.78, 5) is 16.2. The van der Waals surface area contributed by atoms with Crippen LogP contribution >= 0.6 is 15.9 Å². The highest BCUT2D eigenvalue weighted by Gasteiger charge is 2.25. The van der Waals surface area contributed by atoms with E-state index in [0.29, 0.717) is 0 Å². The molecule has 0 fully saturated rings. The zero-order chi connectivity index (χ0) is 17.7. The highest BCUT2D eigenvalue weighted by molar-refractivity contribution is 9.10. The Balaban J connectivity index is 2.15. The number of hydrogen-bond donors (Lipinski definition) is 3. The highest BCUT2D eigenvalue weighted by Crippen LogP contribution is 2.19. The minimum absolute atomic E-state index is 0.0243. The van der Waals surface area contributed by atoms with E-state index < -0.39 is 22.0 Å². The van der Waals surface area contributed by atoms with Crippen molar-refractivity contribution < 1.29 is 18.3 Å². The van der Waals surface area contributed by atoms with Crippen LogP contribution in [0, 0.1) is 0 Å². The third-order valence-corrected chi connectivity index (χ3v) is 5.19. The number of carbonyl (C=O) groups is 1. The predicted molar refractivity (Wildman–Crippen MR) is 93.1 cm³/mol. The zero-order valence-electron chi connectivity index (χ0n) is 12.7. The molecule has 0 saturated heterocycles. The van der Waals surface area contributed by atoms with E-state index in [1.165, 1.54) is 30.5 Å². The molecule has 0 aliphatic heterocycles. The molecule has 0 aliphatic rings. The second-order valence-corrected chi connectivity index (χ2v) is 7.53. The van der Waals surface area contributed by atoms with Gasteiger partial charge in [0.05, 0.1) is 4.90 Å². The zero-order valence-corrected chi connectivity index (χ0v) is 15.1. The van der Waals surface area contributed by atoms with Crippen molar-refractivity contribution in [1.82, 2.24) is 9.71 Å². The van der Waals surface area contributed by atoms with Crippen molar-refractivity contribution in [3.63, 3.8) is 0 Å². The average molecular weight is 414 g/mol. The molecule has 2 aromatic rings. The molecular weight excluding hydrogens is 398 g/mol. The second kappa shape index (κ2) is 7.73. The van der Waals surface area contributed by atoms with Crippen molar-refractivity contribution in [2.45, 2.75) is 24.3 Å². The van der Waals surface area contributed by atoms with Gasteiger partial charge in [0.25, 0.3) is 0 Å². The number of sulfonamides is 1. The fourth-order valence-electron chi connectivity index (χ4n) is 1.89. The van der Waals surface area contributed by atoms with Crippen molar-refractivity contribution in [3.05, 3.63) is 47.1 Å². The number of halogens is 1. The van der Waals surface area contributed by atoms with Crippen LogP contribution in [0.4, 0.5) is 5.82 Å². The third-order valence-electron chi connectivity index (χ3n) is 3.17. The molecule has 24 heavy (non-hydrogen) atoms. The molecule has 9 heteroatoms. The lowest BCUT2D eigenvalue weighted by Crippen LogP contribution is -2.43. The number of aromatic nitrogens is 1. The van der Waals surface area contributed by atoms with Crippen LogP contribution in [-0.2, 0) is 14.8 Å². The molecule has 0 aliphatic carbocycles. The summed E-state index contributed by atoms with van der Waals surface area (Å²) in [5.74, 6) is -0.826. The van der Waals surface area contributed by atoms with Gasteiger partial charge in [0.2, 0.25) is 15.9 Å². The Kier molecular flexibility index (Phi) is 5.92. The molecular formula is C15H16BrN3O4S. The fraction of sp³-hybridized carbons (Fsp3) is 0.200. The van der Waals surface area contributed by atoms with Crippen LogP contribution in [0.3, 0.4) is 0 Å². The van der Waals surface area contributed by atoms with E-state index in [4.69, 9.17) is 0 Å². The van der Waals surface area contributed by atoms with Crippen molar-refractivity contribution in [2.24, 2.45) is 0 Å². The first-order valence-electron chi connectivity index (χ1n) is 7.06. The number of benzene rings is 1. The normalized spacial score (nSPS) is 12.6. The van der Waals surface area contributed by atoms with Gasteiger partial charge >= 0.3 is 0 Å². The van der Waals surface area contributed by atoms with Crippen LogP contribution in [0.25, 0.3) is 0 Å². The Morgan fingerprint density at radius 1 is 1.29 bits per heavy atom. The molecule has 0 spiro atoms. The maximum atomic E-state index is 12.4. The molecule has 1 atom stereocenters. The van der Waals surface area contributed by atoms with E-state index in [1.54, 1.807) is 19.1 Å². The number of carbonyl (C=O) groups excluding carboxylic acids is 1. The Labute approximate surface area is 148 Å². The van der Waals surface area contributed by atoms with Gasteiger partial charge in [-0.05, 0) is 42.8 Å². The maximum Gasteiger partial charge on any atom is 0.243 e. The molecule has 1 aromatic heterocycles. The number of amides is 1. The van der Waals surface area contributed by atoms with Crippen LogP contribution < -0.4 is 10.0 Å². The van der Waals surface area contributed by atoms with Crippen LogP contribution in [-0.4, -0.2) is 30.5 Å². The number of hydrogen-bond acceptors (Lipinski definition) is 5. The lowest BCUT2D eigenvalue weighted by Gasteiger charge is -2.17. The summed E-state index contributed by atoms with van der Waals surface area (Å²) in [5.41, 5.74) is 0. The van der Waals surface area contributed by atoms with Gasteiger partial charge in [-0.1, -0.05) is 22.9 Å². The van der Waals surface area contributed by atoms with Gasteiger partial charge < -0.3 is 10.4 Å². The minimum Gasteiger partial charge on any atom is -0.504 e. The van der Waals surface area contributed by atoms with Gasteiger partial charge in [-0.3, -0.25) is 4.79 Å². The van der Waals surface area contributed by atoms with Gasteiger partial charge in [-0.15, -0.1) is 0 Å². The summed E-state index contributed by atoms with van der Waals surface area (Å²) < 4.78 is 27.8. The Bertz CT molecular complexity index is 825. The van der Waals surface area contributed by atoms with Gasteiger partial charge in [-0.2, -0.15) is 4.72 Å². The maximum absolute atomic E-state index is 12.4. The molecule has 0 bridgehead atoms. The minimum atomic E-state index is -3.85. The molecule has 7 nitrogen and oxygen atoms in total. The quantitative estimate of drug-likeness (QED) is 0.672. The van der Waals surface area contributed by atoms with Gasteiger partial charge in [0, 0.05) is 10.7 Å². The lowest BCUT2D eigenvalue weighted by molar-refractivity contribution is -0.117. The van der Waals surface area contributed by atoms with Crippen LogP contribution in [0.15, 0.2) is 52.0 Å². The molecule has 128 valence electrons. The highest BCUT2D eigenvalue weighted by atomic mass is 79.9. The molecule has 1 amide bonds. The number of anilines is 1. The fourth-order valence-corrected chi connectivity index (χ4v) is 3.43. The number of aromatic hydroxyl groups is 1. The molecule has 1 unspecified atom stereocenters. The molecule has 1 heterocycles. The van der Waals surface area contributed by atoms with Crippen molar-refractivity contribution in [1.29, 1.82) is 0 Å². The second-order valence-electron chi connectivity index (χ2n) is 4.90. The number of nitrogens with one attached hydrogen (secondary N) is 2. The standard InChI is InChI=1S/C15H16BrN3O4S/c1-2-12(15(21)18-14-13(20)4-3-9-17-14)19-24(22,23)11-7-5-10(16)6-8-11/h3-9,12,19-20H,2H2,1H3,(H,17,18,21). The summed E-state index contributed by atoms with van der Waals surface area (Å²) in [6.45, 7) is 1.67.